The number of nitrogens with zero attached hydrogens (tertiary/aromatic N) is 3. The summed E-state index contributed by atoms with van der Waals surface area (Å²) in [5, 5.41) is 11.0. The molecule has 3 rings (SSSR count). The maximum Gasteiger partial charge on any atom is 0.224 e. The van der Waals surface area contributed by atoms with Crippen molar-refractivity contribution in [3.63, 3.8) is 0 Å². The number of aromatic nitrogens is 3. The van der Waals surface area contributed by atoms with Crippen molar-refractivity contribution in [2.24, 2.45) is 7.05 Å². The maximum absolute atomic E-state index is 11.8. The monoisotopic (exact) mass is 312 g/mol. The second-order valence-electron chi connectivity index (χ2n) is 4.98. The van der Waals surface area contributed by atoms with Gasteiger partial charge in [-0.15, -0.1) is 0 Å². The van der Waals surface area contributed by atoms with Crippen LogP contribution in [0.3, 0.4) is 0 Å². The number of carbonyl (C=O) groups excluding carboxylic acids is 1. The van der Waals surface area contributed by atoms with Crippen LogP contribution in [0.1, 0.15) is 11.1 Å². The summed E-state index contributed by atoms with van der Waals surface area (Å²) >= 11 is 1.60. The van der Waals surface area contributed by atoms with Crippen LogP contribution in [-0.2, 0) is 24.8 Å². The van der Waals surface area contributed by atoms with Crippen LogP contribution in [0, 0.1) is 0 Å². The summed E-state index contributed by atoms with van der Waals surface area (Å²) in [5.74, 6) is 0.0223. The summed E-state index contributed by atoms with van der Waals surface area (Å²) in [4.78, 5) is 16.3. The summed E-state index contributed by atoms with van der Waals surface area (Å²) in [6.07, 6.45) is 3.95. The number of hydrogen-bond donors (Lipinski definition) is 1. The van der Waals surface area contributed by atoms with Crippen LogP contribution < -0.4 is 5.32 Å². The van der Waals surface area contributed by atoms with Crippen LogP contribution in [0.15, 0.2) is 47.4 Å². The van der Waals surface area contributed by atoms with Crippen LogP contribution in [0.4, 0.5) is 0 Å². The quantitative estimate of drug-likeness (QED) is 0.787. The average Bonchev–Trinajstić information content (AvgIpc) is 3.17. The minimum atomic E-state index is 0.0223. The summed E-state index contributed by atoms with van der Waals surface area (Å²) in [6.45, 7) is 0.488. The van der Waals surface area contributed by atoms with Crippen molar-refractivity contribution in [3.05, 3.63) is 58.5 Å². The zero-order valence-corrected chi connectivity index (χ0v) is 13.0. The van der Waals surface area contributed by atoms with Gasteiger partial charge >= 0.3 is 0 Å². The molecule has 0 unspecified atom stereocenters. The minimum Gasteiger partial charge on any atom is -0.352 e. The summed E-state index contributed by atoms with van der Waals surface area (Å²) < 4.78 is 1.78. The Hall–Kier alpha value is -2.47. The van der Waals surface area contributed by atoms with Gasteiger partial charge in [0, 0.05) is 26.0 Å². The highest BCUT2D eigenvalue weighted by Gasteiger charge is 2.06. The fourth-order valence-electron chi connectivity index (χ4n) is 2.15. The van der Waals surface area contributed by atoms with E-state index >= 15 is 0 Å². The predicted molar refractivity (Wildman–Crippen MR) is 86.3 cm³/mol. The van der Waals surface area contributed by atoms with Gasteiger partial charge in [-0.2, -0.15) is 16.4 Å². The molecule has 0 bridgehead atoms. The third-order valence-corrected chi connectivity index (χ3v) is 4.07. The minimum absolute atomic E-state index is 0.0223. The Labute approximate surface area is 132 Å². The first-order valence-electron chi connectivity index (χ1n) is 6.93. The molecule has 0 saturated heterocycles. The number of carbonyl (C=O) groups is 1. The molecule has 0 fully saturated rings. The van der Waals surface area contributed by atoms with Gasteiger partial charge in [-0.3, -0.25) is 14.5 Å². The first-order valence-corrected chi connectivity index (χ1v) is 7.88. The second kappa shape index (κ2) is 6.53. The SMILES string of the molecule is Cn1nccc1-c1ccc(CNC(=O)Cc2ccsc2)cn1. The van der Waals surface area contributed by atoms with Crippen LogP contribution in [0.25, 0.3) is 11.4 Å². The van der Waals surface area contributed by atoms with E-state index in [1.165, 1.54) is 0 Å². The molecule has 3 aromatic heterocycles. The second-order valence-corrected chi connectivity index (χ2v) is 5.76. The fraction of sp³-hybridized carbons (Fsp3) is 0.188. The van der Waals surface area contributed by atoms with E-state index in [2.05, 4.69) is 15.4 Å². The topological polar surface area (TPSA) is 59.8 Å². The molecule has 5 nitrogen and oxygen atoms in total. The number of pyridine rings is 1. The van der Waals surface area contributed by atoms with Gasteiger partial charge in [0.05, 0.1) is 17.8 Å². The van der Waals surface area contributed by atoms with Gasteiger partial charge in [0.2, 0.25) is 5.91 Å². The Bertz CT molecular complexity index is 747. The first kappa shape index (κ1) is 14.5. The van der Waals surface area contributed by atoms with Gasteiger partial charge in [-0.25, -0.2) is 0 Å². The lowest BCUT2D eigenvalue weighted by Gasteiger charge is -2.06. The normalized spacial score (nSPS) is 10.6. The Morgan fingerprint density at radius 2 is 2.18 bits per heavy atom. The van der Waals surface area contributed by atoms with Crippen molar-refractivity contribution in [2.45, 2.75) is 13.0 Å². The smallest absolute Gasteiger partial charge is 0.224 e. The third-order valence-electron chi connectivity index (χ3n) is 3.34. The molecule has 0 atom stereocenters. The van der Waals surface area contributed by atoms with Gasteiger partial charge in [-0.1, -0.05) is 6.07 Å². The molecule has 0 aromatic carbocycles. The summed E-state index contributed by atoms with van der Waals surface area (Å²) in [5.41, 5.74) is 3.86. The molecule has 0 spiro atoms. The first-order chi connectivity index (χ1) is 10.7. The van der Waals surface area contributed by atoms with Crippen molar-refractivity contribution < 1.29 is 4.79 Å². The van der Waals surface area contributed by atoms with E-state index in [1.807, 2.05) is 42.1 Å². The van der Waals surface area contributed by atoms with Crippen molar-refractivity contribution in [1.82, 2.24) is 20.1 Å². The van der Waals surface area contributed by atoms with Crippen molar-refractivity contribution >= 4 is 17.2 Å². The fourth-order valence-corrected chi connectivity index (χ4v) is 2.82. The third kappa shape index (κ3) is 3.40. The number of rotatable bonds is 5. The molecular weight excluding hydrogens is 296 g/mol. The molecule has 1 amide bonds. The highest BCUT2D eigenvalue weighted by atomic mass is 32.1. The van der Waals surface area contributed by atoms with Crippen LogP contribution >= 0.6 is 11.3 Å². The number of hydrogen-bond acceptors (Lipinski definition) is 4. The lowest BCUT2D eigenvalue weighted by Crippen LogP contribution is -2.24. The lowest BCUT2D eigenvalue weighted by molar-refractivity contribution is -0.120. The number of nitrogens with one attached hydrogen (secondary N) is 1. The summed E-state index contributed by atoms with van der Waals surface area (Å²) in [6, 6.07) is 7.80. The zero-order valence-electron chi connectivity index (χ0n) is 12.2. The lowest BCUT2D eigenvalue weighted by atomic mass is 10.2. The zero-order chi connectivity index (χ0) is 15.4. The molecule has 112 valence electrons. The Balaban J connectivity index is 1.57. The van der Waals surface area contributed by atoms with Crippen molar-refractivity contribution in [2.75, 3.05) is 0 Å². The van der Waals surface area contributed by atoms with E-state index in [4.69, 9.17) is 0 Å². The number of aryl methyl sites for hydroxylation is 1. The molecule has 0 aliphatic carbocycles. The molecule has 1 N–H and O–H groups in total. The van der Waals surface area contributed by atoms with Gasteiger partial charge in [-0.05, 0) is 40.1 Å². The molecule has 0 radical (unpaired) electrons. The van der Waals surface area contributed by atoms with Gasteiger partial charge in [0.15, 0.2) is 0 Å². The van der Waals surface area contributed by atoms with Gasteiger partial charge in [0.25, 0.3) is 0 Å². The highest BCUT2D eigenvalue weighted by Crippen LogP contribution is 2.15. The average molecular weight is 312 g/mol. The maximum atomic E-state index is 11.8. The molecule has 3 aromatic rings. The standard InChI is InChI=1S/C16H16N4OS/c1-20-15(4-6-19-20)14-3-2-13(9-17-14)10-18-16(21)8-12-5-7-22-11-12/h2-7,9,11H,8,10H2,1H3,(H,18,21). The van der Waals surface area contributed by atoms with Crippen molar-refractivity contribution in [1.29, 1.82) is 0 Å². The number of thiophene rings is 1. The van der Waals surface area contributed by atoms with E-state index < -0.39 is 0 Å². The Morgan fingerprint density at radius 3 is 2.82 bits per heavy atom. The van der Waals surface area contributed by atoms with Gasteiger partial charge in [0.1, 0.15) is 0 Å². The Kier molecular flexibility index (Phi) is 4.29. The highest BCUT2D eigenvalue weighted by molar-refractivity contribution is 7.07. The van der Waals surface area contributed by atoms with E-state index in [-0.39, 0.29) is 5.91 Å². The van der Waals surface area contributed by atoms with Crippen molar-refractivity contribution in [3.8, 4) is 11.4 Å². The Morgan fingerprint density at radius 1 is 1.27 bits per heavy atom. The molecule has 22 heavy (non-hydrogen) atoms. The van der Waals surface area contributed by atoms with Crippen LogP contribution in [0.2, 0.25) is 0 Å². The molecule has 0 aliphatic rings. The molecule has 0 aliphatic heterocycles. The molecule has 3 heterocycles. The van der Waals surface area contributed by atoms with E-state index in [0.29, 0.717) is 13.0 Å². The largest absolute Gasteiger partial charge is 0.352 e. The van der Waals surface area contributed by atoms with E-state index in [0.717, 1.165) is 22.5 Å². The summed E-state index contributed by atoms with van der Waals surface area (Å²) in [7, 11) is 1.88. The van der Waals surface area contributed by atoms with E-state index in [1.54, 1.807) is 28.4 Å². The van der Waals surface area contributed by atoms with E-state index in [9.17, 15) is 4.79 Å². The molecule has 6 heteroatoms. The van der Waals surface area contributed by atoms with Gasteiger partial charge < -0.3 is 5.32 Å². The van der Waals surface area contributed by atoms with Crippen LogP contribution in [-0.4, -0.2) is 20.7 Å². The molecular formula is C16H16N4OS. The predicted octanol–water partition coefficient (Wildman–Crippen LogP) is 2.40. The number of amides is 1. The molecule has 0 saturated carbocycles. The van der Waals surface area contributed by atoms with Crippen LogP contribution in [0.5, 0.6) is 0 Å².